The van der Waals surface area contributed by atoms with Gasteiger partial charge in [0.2, 0.25) is 11.8 Å². The minimum absolute atomic E-state index is 0.268. The van der Waals surface area contributed by atoms with Gasteiger partial charge in [0, 0.05) is 38.3 Å². The maximum Gasteiger partial charge on any atom is 0.249 e. The Morgan fingerprint density at radius 3 is 2.68 bits per heavy atom. The van der Waals surface area contributed by atoms with Crippen molar-refractivity contribution in [1.29, 1.82) is 0 Å². The van der Waals surface area contributed by atoms with Crippen LogP contribution in [-0.4, -0.2) is 44.0 Å². The largest absolute Gasteiger partial charge is 0.371 e. The summed E-state index contributed by atoms with van der Waals surface area (Å²) >= 11 is 0. The smallest absolute Gasteiger partial charge is 0.249 e. The van der Waals surface area contributed by atoms with Crippen LogP contribution in [0.25, 0.3) is 0 Å². The summed E-state index contributed by atoms with van der Waals surface area (Å²) < 4.78 is 14.3. The first-order chi connectivity index (χ1) is 10.6. The van der Waals surface area contributed by atoms with Gasteiger partial charge in [-0.1, -0.05) is 0 Å². The minimum Gasteiger partial charge on any atom is -0.371 e. The van der Waals surface area contributed by atoms with E-state index in [2.05, 4.69) is 20.9 Å². The molecule has 2 aliphatic rings. The van der Waals surface area contributed by atoms with E-state index in [9.17, 15) is 14.0 Å². The average molecular weight is 306 g/mol. The second kappa shape index (κ2) is 6.31. The number of halogens is 1. The topological polar surface area (TPSA) is 73.5 Å². The molecule has 118 valence electrons. The van der Waals surface area contributed by atoms with Gasteiger partial charge in [-0.2, -0.15) is 0 Å². The fourth-order valence-corrected chi connectivity index (χ4v) is 2.76. The van der Waals surface area contributed by atoms with Crippen LogP contribution in [0.4, 0.5) is 15.8 Å². The summed E-state index contributed by atoms with van der Waals surface area (Å²) in [6, 6.07) is 4.41. The van der Waals surface area contributed by atoms with Gasteiger partial charge in [0.15, 0.2) is 0 Å². The van der Waals surface area contributed by atoms with Crippen LogP contribution >= 0.6 is 0 Å². The number of imide groups is 1. The van der Waals surface area contributed by atoms with Gasteiger partial charge in [0.25, 0.3) is 0 Å². The molecule has 2 fully saturated rings. The normalized spacial score (nSPS) is 22.4. The zero-order valence-electron chi connectivity index (χ0n) is 12.2. The Morgan fingerprint density at radius 2 is 2.00 bits per heavy atom. The Bertz CT molecular complexity index is 587. The molecule has 6 nitrogen and oxygen atoms in total. The summed E-state index contributed by atoms with van der Waals surface area (Å²) in [4.78, 5) is 24.9. The van der Waals surface area contributed by atoms with E-state index >= 15 is 0 Å². The van der Waals surface area contributed by atoms with Crippen molar-refractivity contribution in [3.05, 3.63) is 24.0 Å². The quantitative estimate of drug-likeness (QED) is 0.707. The van der Waals surface area contributed by atoms with E-state index in [0.717, 1.165) is 31.9 Å². The van der Waals surface area contributed by atoms with Gasteiger partial charge in [-0.25, -0.2) is 4.39 Å². The standard InChI is InChI=1S/C15H19FN4O2/c16-11-9-10(20-7-5-17-6-8-20)1-2-12(11)18-13-3-4-14(21)19-15(13)22/h1-2,9,13,17-18H,3-8H2,(H,19,21,22). The number of hydrogen-bond acceptors (Lipinski definition) is 5. The first-order valence-electron chi connectivity index (χ1n) is 7.49. The van der Waals surface area contributed by atoms with Gasteiger partial charge in [-0.3, -0.25) is 14.9 Å². The molecule has 3 rings (SSSR count). The lowest BCUT2D eigenvalue weighted by Gasteiger charge is -2.30. The molecule has 0 spiro atoms. The lowest BCUT2D eigenvalue weighted by atomic mass is 10.1. The van der Waals surface area contributed by atoms with Gasteiger partial charge >= 0.3 is 0 Å². The van der Waals surface area contributed by atoms with E-state index in [1.165, 1.54) is 6.07 Å². The molecule has 7 heteroatoms. The number of benzene rings is 1. The van der Waals surface area contributed by atoms with Crippen molar-refractivity contribution in [2.75, 3.05) is 36.4 Å². The Hall–Kier alpha value is -2.15. The average Bonchev–Trinajstić information content (AvgIpc) is 2.52. The number of hydrogen-bond donors (Lipinski definition) is 3. The van der Waals surface area contributed by atoms with Crippen molar-refractivity contribution >= 4 is 23.2 Å². The number of carbonyl (C=O) groups excluding carboxylic acids is 2. The van der Waals surface area contributed by atoms with E-state index in [0.29, 0.717) is 6.42 Å². The number of piperidine rings is 1. The highest BCUT2D eigenvalue weighted by atomic mass is 19.1. The molecule has 3 N–H and O–H groups in total. The highest BCUT2D eigenvalue weighted by Gasteiger charge is 2.27. The van der Waals surface area contributed by atoms with Gasteiger partial charge in [0.1, 0.15) is 11.9 Å². The first-order valence-corrected chi connectivity index (χ1v) is 7.49. The van der Waals surface area contributed by atoms with E-state index in [-0.39, 0.29) is 23.8 Å². The predicted octanol–water partition coefficient (Wildman–Crippen LogP) is 0.452. The summed E-state index contributed by atoms with van der Waals surface area (Å²) in [6.45, 7) is 3.47. The molecule has 1 aromatic rings. The van der Waals surface area contributed by atoms with Crippen LogP contribution in [0.2, 0.25) is 0 Å². The molecule has 2 saturated heterocycles. The number of amides is 2. The van der Waals surface area contributed by atoms with E-state index in [1.807, 2.05) is 6.07 Å². The molecule has 0 saturated carbocycles. The number of carbonyl (C=O) groups is 2. The number of piperazine rings is 1. The number of rotatable bonds is 3. The Morgan fingerprint density at radius 1 is 1.23 bits per heavy atom. The van der Waals surface area contributed by atoms with Crippen LogP contribution < -0.4 is 20.9 Å². The summed E-state index contributed by atoms with van der Waals surface area (Å²) in [5.74, 6) is -1.07. The summed E-state index contributed by atoms with van der Waals surface area (Å²) in [5.41, 5.74) is 1.13. The molecule has 2 heterocycles. The molecular formula is C15H19FN4O2. The molecule has 1 atom stereocenters. The maximum absolute atomic E-state index is 14.3. The lowest BCUT2D eigenvalue weighted by Crippen LogP contribution is -2.47. The van der Waals surface area contributed by atoms with Crippen molar-refractivity contribution in [3.8, 4) is 0 Å². The van der Waals surface area contributed by atoms with Gasteiger partial charge < -0.3 is 15.5 Å². The van der Waals surface area contributed by atoms with Crippen molar-refractivity contribution in [1.82, 2.24) is 10.6 Å². The van der Waals surface area contributed by atoms with Crippen molar-refractivity contribution < 1.29 is 14.0 Å². The van der Waals surface area contributed by atoms with Crippen LogP contribution in [0.3, 0.4) is 0 Å². The van der Waals surface area contributed by atoms with Gasteiger partial charge in [0.05, 0.1) is 5.69 Å². The van der Waals surface area contributed by atoms with E-state index in [4.69, 9.17) is 0 Å². The van der Waals surface area contributed by atoms with E-state index in [1.54, 1.807) is 6.07 Å². The second-order valence-corrected chi connectivity index (χ2v) is 5.55. The van der Waals surface area contributed by atoms with E-state index < -0.39 is 11.9 Å². The van der Waals surface area contributed by atoms with Gasteiger partial charge in [-0.05, 0) is 24.6 Å². The number of anilines is 2. The lowest BCUT2D eigenvalue weighted by molar-refractivity contribution is -0.133. The van der Waals surface area contributed by atoms with Gasteiger partial charge in [-0.15, -0.1) is 0 Å². The fourth-order valence-electron chi connectivity index (χ4n) is 2.76. The first kappa shape index (κ1) is 14.8. The summed E-state index contributed by atoms with van der Waals surface area (Å²) in [7, 11) is 0. The molecule has 22 heavy (non-hydrogen) atoms. The van der Waals surface area contributed by atoms with Crippen molar-refractivity contribution in [2.24, 2.45) is 0 Å². The van der Waals surface area contributed by atoms with Crippen LogP contribution in [0, 0.1) is 5.82 Å². The second-order valence-electron chi connectivity index (χ2n) is 5.55. The third-order valence-electron chi connectivity index (χ3n) is 4.00. The molecule has 2 amide bonds. The zero-order chi connectivity index (χ0) is 15.5. The summed E-state index contributed by atoms with van der Waals surface area (Å²) in [5, 5.41) is 8.39. The van der Waals surface area contributed by atoms with Crippen LogP contribution in [-0.2, 0) is 9.59 Å². The Labute approximate surface area is 128 Å². The molecular weight excluding hydrogens is 287 g/mol. The SMILES string of the molecule is O=C1CCC(Nc2ccc(N3CCNCC3)cc2F)C(=O)N1. The van der Waals surface area contributed by atoms with Crippen molar-refractivity contribution in [3.63, 3.8) is 0 Å². The number of nitrogens with zero attached hydrogens (tertiary/aromatic N) is 1. The molecule has 2 aliphatic heterocycles. The molecule has 1 aromatic carbocycles. The maximum atomic E-state index is 14.3. The van der Waals surface area contributed by atoms with Crippen molar-refractivity contribution in [2.45, 2.75) is 18.9 Å². The summed E-state index contributed by atoms with van der Waals surface area (Å²) in [6.07, 6.45) is 0.646. The molecule has 1 unspecified atom stereocenters. The third-order valence-corrected chi connectivity index (χ3v) is 4.00. The molecule has 0 bridgehead atoms. The number of nitrogens with one attached hydrogen (secondary N) is 3. The van der Waals surface area contributed by atoms with Crippen LogP contribution in [0.5, 0.6) is 0 Å². The monoisotopic (exact) mass is 306 g/mol. The Kier molecular flexibility index (Phi) is 4.24. The Balaban J connectivity index is 1.69. The minimum atomic E-state index is -0.572. The van der Waals surface area contributed by atoms with Crippen LogP contribution in [0.15, 0.2) is 18.2 Å². The molecule has 0 aliphatic carbocycles. The molecule has 0 radical (unpaired) electrons. The highest BCUT2D eigenvalue weighted by Crippen LogP contribution is 2.24. The third kappa shape index (κ3) is 3.19. The molecule has 0 aromatic heterocycles. The zero-order valence-corrected chi connectivity index (χ0v) is 12.2. The predicted molar refractivity (Wildman–Crippen MR) is 81.3 cm³/mol. The highest BCUT2D eigenvalue weighted by molar-refractivity contribution is 6.01. The fraction of sp³-hybridized carbons (Fsp3) is 0.467. The van der Waals surface area contributed by atoms with Crippen LogP contribution in [0.1, 0.15) is 12.8 Å².